The molecule has 0 spiro atoms. The van der Waals surface area contributed by atoms with Crippen molar-refractivity contribution in [2.24, 2.45) is 0 Å². The average Bonchev–Trinajstić information content (AvgIpc) is 3.18. The van der Waals surface area contributed by atoms with Crippen LogP contribution in [-0.2, 0) is 28.2 Å². The van der Waals surface area contributed by atoms with Crippen molar-refractivity contribution < 1.29 is 24.5 Å². The van der Waals surface area contributed by atoms with E-state index >= 15 is 0 Å². The molecule has 51 heavy (non-hydrogen) atoms. The molecule has 3 atom stereocenters. The van der Waals surface area contributed by atoms with Crippen LogP contribution in [0, 0.1) is 0 Å². The molecule has 7 rings (SSSR count). The summed E-state index contributed by atoms with van der Waals surface area (Å²) in [7, 11) is 0. The molecule has 9 heteroatoms. The highest BCUT2D eigenvalue weighted by Crippen LogP contribution is 2.40. The van der Waals surface area contributed by atoms with Crippen molar-refractivity contribution in [3.63, 3.8) is 0 Å². The monoisotopic (exact) mass is 703 g/mol. The van der Waals surface area contributed by atoms with Gasteiger partial charge in [-0.2, -0.15) is 0 Å². The van der Waals surface area contributed by atoms with E-state index in [4.69, 9.17) is 21.1 Å². The maximum atomic E-state index is 12.7. The number of halogens is 1. The van der Waals surface area contributed by atoms with Gasteiger partial charge in [-0.15, -0.1) is 0 Å². The van der Waals surface area contributed by atoms with Crippen LogP contribution >= 0.6 is 11.6 Å². The van der Waals surface area contributed by atoms with Crippen LogP contribution in [0.1, 0.15) is 69.8 Å². The third-order valence-corrected chi connectivity index (χ3v) is 10.3. The zero-order valence-electron chi connectivity index (χ0n) is 28.3. The summed E-state index contributed by atoms with van der Waals surface area (Å²) in [6.07, 6.45) is 4.27. The number of benzene rings is 4. The lowest BCUT2D eigenvalue weighted by Gasteiger charge is -2.42. The van der Waals surface area contributed by atoms with Gasteiger partial charge in [0.15, 0.2) is 6.29 Å². The Morgan fingerprint density at radius 2 is 1.61 bits per heavy atom. The van der Waals surface area contributed by atoms with Crippen LogP contribution in [0.4, 0.5) is 0 Å². The maximum absolute atomic E-state index is 12.7. The lowest BCUT2D eigenvalue weighted by atomic mass is 9.84. The molecule has 2 aliphatic heterocycles. The number of likely N-dealkylation sites (tertiary alicyclic amines) is 1. The van der Waals surface area contributed by atoms with Gasteiger partial charge in [0, 0.05) is 55.6 Å². The number of nitrogens with one attached hydrogen (secondary N) is 1. The quantitative estimate of drug-likeness (QED) is 0.140. The number of aromatic nitrogens is 1. The van der Waals surface area contributed by atoms with E-state index in [2.05, 4.69) is 33.4 Å². The largest absolute Gasteiger partial charge is 0.392 e. The van der Waals surface area contributed by atoms with Gasteiger partial charge >= 0.3 is 0 Å². The first-order valence-electron chi connectivity index (χ1n) is 17.4. The minimum absolute atomic E-state index is 0.0101. The molecule has 0 saturated carbocycles. The molecule has 0 bridgehead atoms. The molecule has 262 valence electrons. The Morgan fingerprint density at radius 3 is 2.31 bits per heavy atom. The van der Waals surface area contributed by atoms with E-state index in [1.54, 1.807) is 24.5 Å². The Bertz CT molecular complexity index is 1900. The van der Waals surface area contributed by atoms with Crippen molar-refractivity contribution in [1.29, 1.82) is 0 Å². The summed E-state index contributed by atoms with van der Waals surface area (Å²) in [5.41, 5.74) is 6.42. The van der Waals surface area contributed by atoms with Gasteiger partial charge in [-0.05, 0) is 70.5 Å². The second-order valence-corrected chi connectivity index (χ2v) is 13.8. The summed E-state index contributed by atoms with van der Waals surface area (Å²) < 4.78 is 13.3. The first kappa shape index (κ1) is 35.0. The fraction of sp³-hybridized carbons (Fsp3) is 0.286. The molecule has 8 nitrogen and oxygen atoms in total. The molecular formula is C42H42ClN3O5. The van der Waals surface area contributed by atoms with Crippen molar-refractivity contribution >= 4 is 17.5 Å². The Morgan fingerprint density at radius 1 is 0.882 bits per heavy atom. The second kappa shape index (κ2) is 15.9. The van der Waals surface area contributed by atoms with Crippen LogP contribution in [0.15, 0.2) is 122 Å². The summed E-state index contributed by atoms with van der Waals surface area (Å²) in [4.78, 5) is 19.1. The summed E-state index contributed by atoms with van der Waals surface area (Å²) in [6, 6.07) is 35.2. The number of pyridine rings is 1. The van der Waals surface area contributed by atoms with Crippen LogP contribution in [0.25, 0.3) is 11.1 Å². The topological polar surface area (TPSA) is 104 Å². The number of amides is 1. The normalized spacial score (nSPS) is 20.5. The smallest absolute Gasteiger partial charge is 0.253 e. The molecule has 3 unspecified atom stereocenters. The molecule has 0 radical (unpaired) electrons. The van der Waals surface area contributed by atoms with E-state index in [1.165, 1.54) is 0 Å². The third-order valence-electron chi connectivity index (χ3n) is 10.0. The minimum atomic E-state index is -0.873. The highest BCUT2D eigenvalue weighted by molar-refractivity contribution is 6.30. The van der Waals surface area contributed by atoms with E-state index in [0.717, 1.165) is 58.6 Å². The molecule has 3 N–H and O–H groups in total. The van der Waals surface area contributed by atoms with E-state index in [0.29, 0.717) is 36.4 Å². The van der Waals surface area contributed by atoms with Gasteiger partial charge in [0.2, 0.25) is 0 Å². The number of hydrogen-bond acceptors (Lipinski definition) is 7. The predicted molar refractivity (Wildman–Crippen MR) is 197 cm³/mol. The van der Waals surface area contributed by atoms with Gasteiger partial charge < -0.3 is 29.9 Å². The number of carbonyl (C=O) groups excluding carboxylic acids is 1. The Balaban J connectivity index is 1.06. The summed E-state index contributed by atoms with van der Waals surface area (Å²) in [6.45, 7) is 2.59. The van der Waals surface area contributed by atoms with E-state index in [-0.39, 0.29) is 24.7 Å². The second-order valence-electron chi connectivity index (χ2n) is 13.4. The van der Waals surface area contributed by atoms with Gasteiger partial charge in [0.25, 0.3) is 5.91 Å². The Hall–Kier alpha value is -4.41. The lowest BCUT2D eigenvalue weighted by Crippen LogP contribution is -2.46. The molecule has 3 heterocycles. The lowest BCUT2D eigenvalue weighted by molar-refractivity contribution is -0.253. The van der Waals surface area contributed by atoms with Crippen molar-refractivity contribution in [1.82, 2.24) is 15.2 Å². The number of ether oxygens (including phenoxy) is 2. The number of hydrogen-bond donors (Lipinski definition) is 3. The standard InChI is InChI=1S/C42H42ClN3O5/c43-36-17-15-35(16-18-36)42(49)19-22-46(23-20-42)27-37-24-39(31-9-7-29(28-47)8-10-31)51-41(50-37)32-13-11-30(12-14-32)38-6-2-1-4-33(38)26-45-40(48)34-5-3-21-44-25-34/h1-18,21,25,37,39,41,47,49H,19-20,22-24,26-28H2,(H,45,48). The van der Waals surface area contributed by atoms with Crippen molar-refractivity contribution in [3.05, 3.63) is 160 Å². The van der Waals surface area contributed by atoms with Gasteiger partial charge in [-0.1, -0.05) is 96.5 Å². The zero-order valence-corrected chi connectivity index (χ0v) is 29.1. The molecule has 1 amide bonds. The predicted octanol–water partition coefficient (Wildman–Crippen LogP) is 7.35. The first-order valence-corrected chi connectivity index (χ1v) is 17.8. The van der Waals surface area contributed by atoms with Crippen molar-refractivity contribution in [2.75, 3.05) is 19.6 Å². The number of aliphatic hydroxyl groups excluding tert-OH is 1. The molecule has 2 aliphatic rings. The van der Waals surface area contributed by atoms with Gasteiger partial charge in [0.1, 0.15) is 0 Å². The Labute approximate surface area is 303 Å². The van der Waals surface area contributed by atoms with Crippen LogP contribution in [-0.4, -0.2) is 51.7 Å². The van der Waals surface area contributed by atoms with Gasteiger partial charge in [-0.3, -0.25) is 9.78 Å². The molecule has 4 aromatic carbocycles. The number of piperidine rings is 1. The summed E-state index contributed by atoms with van der Waals surface area (Å²) in [5.74, 6) is -0.170. The molecular weight excluding hydrogens is 662 g/mol. The SMILES string of the molecule is O=C(NCc1ccccc1-c1ccc(C2OC(CN3CCC(O)(c4ccc(Cl)cc4)CC3)CC(c3ccc(CO)cc3)O2)cc1)c1cccnc1. The van der Waals surface area contributed by atoms with E-state index in [9.17, 15) is 15.0 Å². The van der Waals surface area contributed by atoms with Crippen LogP contribution < -0.4 is 5.32 Å². The average molecular weight is 704 g/mol. The zero-order chi connectivity index (χ0) is 35.2. The highest BCUT2D eigenvalue weighted by atomic mass is 35.5. The number of carbonyl (C=O) groups is 1. The molecule has 0 aliphatic carbocycles. The van der Waals surface area contributed by atoms with Crippen LogP contribution in [0.3, 0.4) is 0 Å². The summed E-state index contributed by atoms with van der Waals surface area (Å²) >= 11 is 6.10. The molecule has 1 aromatic heterocycles. The Kier molecular flexibility index (Phi) is 10.9. The third kappa shape index (κ3) is 8.39. The minimum Gasteiger partial charge on any atom is -0.392 e. The molecule has 5 aromatic rings. The van der Waals surface area contributed by atoms with E-state index in [1.807, 2.05) is 78.9 Å². The van der Waals surface area contributed by atoms with Crippen molar-refractivity contribution in [3.8, 4) is 11.1 Å². The maximum Gasteiger partial charge on any atom is 0.253 e. The number of aliphatic hydroxyl groups is 2. The van der Waals surface area contributed by atoms with E-state index < -0.39 is 11.9 Å². The number of nitrogens with zero attached hydrogens (tertiary/aromatic N) is 2. The van der Waals surface area contributed by atoms with Gasteiger partial charge in [-0.25, -0.2) is 0 Å². The highest BCUT2D eigenvalue weighted by Gasteiger charge is 2.37. The van der Waals surface area contributed by atoms with Gasteiger partial charge in [0.05, 0.1) is 30.0 Å². The molecule has 2 fully saturated rings. The summed E-state index contributed by atoms with van der Waals surface area (Å²) in [5, 5.41) is 24.7. The fourth-order valence-electron chi connectivity index (χ4n) is 7.03. The van der Waals surface area contributed by atoms with Crippen molar-refractivity contribution in [2.45, 2.75) is 56.5 Å². The first-order chi connectivity index (χ1) is 24.9. The fourth-order valence-corrected chi connectivity index (χ4v) is 7.15. The molecule has 2 saturated heterocycles. The van der Waals surface area contributed by atoms with Crippen LogP contribution in [0.5, 0.6) is 0 Å². The van der Waals surface area contributed by atoms with Crippen LogP contribution in [0.2, 0.25) is 5.02 Å². The number of rotatable bonds is 10.